The average Bonchev–Trinajstić information content (AvgIpc) is 2.77. The Morgan fingerprint density at radius 3 is 2.75 bits per heavy atom. The normalized spacial score (nSPS) is 19.9. The SMILES string of the molecule is Cc1nc2c(c(N3CCNCC3)n1)CCC2. The van der Waals surface area contributed by atoms with Crippen LogP contribution in [-0.4, -0.2) is 36.1 Å². The van der Waals surface area contributed by atoms with Gasteiger partial charge >= 0.3 is 0 Å². The molecular formula is C12H18N4. The molecule has 1 aliphatic carbocycles. The molecule has 0 unspecified atom stereocenters. The molecule has 1 fully saturated rings. The second-order valence-electron chi connectivity index (χ2n) is 4.61. The molecule has 1 aromatic heterocycles. The summed E-state index contributed by atoms with van der Waals surface area (Å²) in [4.78, 5) is 11.6. The summed E-state index contributed by atoms with van der Waals surface area (Å²) in [5.74, 6) is 2.13. The van der Waals surface area contributed by atoms with Crippen molar-refractivity contribution in [3.8, 4) is 0 Å². The maximum atomic E-state index is 4.66. The van der Waals surface area contributed by atoms with E-state index in [1.807, 2.05) is 6.92 Å². The van der Waals surface area contributed by atoms with Crippen molar-refractivity contribution in [3.63, 3.8) is 0 Å². The lowest BCUT2D eigenvalue weighted by Gasteiger charge is -2.30. The van der Waals surface area contributed by atoms with E-state index in [0.717, 1.165) is 44.8 Å². The molecule has 1 aliphatic heterocycles. The Balaban J connectivity index is 1.99. The van der Waals surface area contributed by atoms with Crippen LogP contribution in [0.5, 0.6) is 0 Å². The van der Waals surface area contributed by atoms with Crippen LogP contribution in [0.2, 0.25) is 0 Å². The van der Waals surface area contributed by atoms with Crippen molar-refractivity contribution in [1.29, 1.82) is 0 Å². The van der Waals surface area contributed by atoms with Crippen LogP contribution in [0.1, 0.15) is 23.5 Å². The molecule has 2 heterocycles. The van der Waals surface area contributed by atoms with Crippen LogP contribution < -0.4 is 10.2 Å². The third-order valence-corrected chi connectivity index (χ3v) is 3.44. The highest BCUT2D eigenvalue weighted by Gasteiger charge is 2.22. The van der Waals surface area contributed by atoms with Gasteiger partial charge in [-0.1, -0.05) is 0 Å². The van der Waals surface area contributed by atoms with Crippen LogP contribution >= 0.6 is 0 Å². The highest BCUT2D eigenvalue weighted by molar-refractivity contribution is 5.51. The van der Waals surface area contributed by atoms with E-state index >= 15 is 0 Å². The van der Waals surface area contributed by atoms with Gasteiger partial charge in [0.25, 0.3) is 0 Å². The molecule has 0 saturated carbocycles. The number of nitrogens with zero attached hydrogens (tertiary/aromatic N) is 3. The van der Waals surface area contributed by atoms with Gasteiger partial charge in [-0.15, -0.1) is 0 Å². The predicted molar refractivity (Wildman–Crippen MR) is 63.9 cm³/mol. The number of nitrogens with one attached hydrogen (secondary N) is 1. The van der Waals surface area contributed by atoms with Gasteiger partial charge in [0.2, 0.25) is 0 Å². The van der Waals surface area contributed by atoms with E-state index in [9.17, 15) is 0 Å². The first-order valence-electron chi connectivity index (χ1n) is 6.16. The molecule has 0 radical (unpaired) electrons. The molecule has 0 aromatic carbocycles. The summed E-state index contributed by atoms with van der Waals surface area (Å²) >= 11 is 0. The summed E-state index contributed by atoms with van der Waals surface area (Å²) in [6, 6.07) is 0. The Bertz CT molecular complexity index is 396. The largest absolute Gasteiger partial charge is 0.354 e. The van der Waals surface area contributed by atoms with Crippen LogP contribution in [0.15, 0.2) is 0 Å². The maximum Gasteiger partial charge on any atom is 0.135 e. The van der Waals surface area contributed by atoms with E-state index in [4.69, 9.17) is 0 Å². The van der Waals surface area contributed by atoms with Gasteiger partial charge in [-0.05, 0) is 26.2 Å². The zero-order chi connectivity index (χ0) is 11.0. The van der Waals surface area contributed by atoms with E-state index in [1.54, 1.807) is 0 Å². The number of anilines is 1. The highest BCUT2D eigenvalue weighted by Crippen LogP contribution is 2.28. The smallest absolute Gasteiger partial charge is 0.135 e. The number of aromatic nitrogens is 2. The van der Waals surface area contributed by atoms with Gasteiger partial charge in [-0.25, -0.2) is 9.97 Å². The Morgan fingerprint density at radius 1 is 1.12 bits per heavy atom. The van der Waals surface area contributed by atoms with Gasteiger partial charge in [0.1, 0.15) is 11.6 Å². The topological polar surface area (TPSA) is 41.1 Å². The Morgan fingerprint density at radius 2 is 1.94 bits per heavy atom. The number of piperazine rings is 1. The molecule has 86 valence electrons. The van der Waals surface area contributed by atoms with Crippen molar-refractivity contribution in [2.75, 3.05) is 31.1 Å². The van der Waals surface area contributed by atoms with Crippen LogP contribution in [0.25, 0.3) is 0 Å². The van der Waals surface area contributed by atoms with Gasteiger partial charge in [0.05, 0.1) is 0 Å². The van der Waals surface area contributed by atoms with Crippen LogP contribution in [-0.2, 0) is 12.8 Å². The Kier molecular flexibility index (Phi) is 2.52. The minimum absolute atomic E-state index is 0.925. The summed E-state index contributed by atoms with van der Waals surface area (Å²) in [6.07, 6.45) is 3.54. The van der Waals surface area contributed by atoms with E-state index in [2.05, 4.69) is 20.2 Å². The summed E-state index contributed by atoms with van der Waals surface area (Å²) in [5.41, 5.74) is 2.70. The molecule has 0 atom stereocenters. The number of rotatable bonds is 1. The molecule has 3 rings (SSSR count). The van der Waals surface area contributed by atoms with Crippen LogP contribution in [0.4, 0.5) is 5.82 Å². The second kappa shape index (κ2) is 4.01. The van der Waals surface area contributed by atoms with Crippen molar-refractivity contribution < 1.29 is 0 Å². The number of hydrogen-bond donors (Lipinski definition) is 1. The third-order valence-electron chi connectivity index (χ3n) is 3.44. The zero-order valence-corrected chi connectivity index (χ0v) is 9.79. The first-order valence-corrected chi connectivity index (χ1v) is 6.16. The molecule has 0 spiro atoms. The van der Waals surface area contributed by atoms with Crippen molar-refractivity contribution in [1.82, 2.24) is 15.3 Å². The molecule has 1 N–H and O–H groups in total. The third kappa shape index (κ3) is 1.67. The lowest BCUT2D eigenvalue weighted by Crippen LogP contribution is -2.44. The fraction of sp³-hybridized carbons (Fsp3) is 0.667. The summed E-state index contributed by atoms with van der Waals surface area (Å²) in [5, 5.41) is 3.38. The molecule has 0 bridgehead atoms. The summed E-state index contributed by atoms with van der Waals surface area (Å²) < 4.78 is 0. The lowest BCUT2D eigenvalue weighted by molar-refractivity contribution is 0.582. The van der Waals surface area contributed by atoms with Gasteiger partial charge in [0, 0.05) is 37.4 Å². The first-order chi connectivity index (χ1) is 7.84. The van der Waals surface area contributed by atoms with E-state index in [1.165, 1.54) is 23.5 Å². The molecule has 1 saturated heterocycles. The van der Waals surface area contributed by atoms with E-state index < -0.39 is 0 Å². The van der Waals surface area contributed by atoms with Crippen LogP contribution in [0, 0.1) is 6.92 Å². The summed E-state index contributed by atoms with van der Waals surface area (Å²) in [6.45, 7) is 6.28. The minimum Gasteiger partial charge on any atom is -0.354 e. The minimum atomic E-state index is 0.925. The molecule has 16 heavy (non-hydrogen) atoms. The average molecular weight is 218 g/mol. The van der Waals surface area contributed by atoms with Crippen molar-refractivity contribution in [3.05, 3.63) is 17.1 Å². The highest BCUT2D eigenvalue weighted by atomic mass is 15.2. The Labute approximate surface area is 96.1 Å². The molecule has 4 heteroatoms. The number of aryl methyl sites for hydroxylation is 2. The second-order valence-corrected chi connectivity index (χ2v) is 4.61. The molecule has 0 amide bonds. The van der Waals surface area contributed by atoms with Crippen LogP contribution in [0.3, 0.4) is 0 Å². The zero-order valence-electron chi connectivity index (χ0n) is 9.79. The fourth-order valence-electron chi connectivity index (χ4n) is 2.67. The monoisotopic (exact) mass is 218 g/mol. The fourth-order valence-corrected chi connectivity index (χ4v) is 2.67. The van der Waals surface area contributed by atoms with E-state index in [-0.39, 0.29) is 0 Å². The Hall–Kier alpha value is -1.16. The van der Waals surface area contributed by atoms with Gasteiger partial charge in [0.15, 0.2) is 0 Å². The van der Waals surface area contributed by atoms with Crippen molar-refractivity contribution in [2.24, 2.45) is 0 Å². The van der Waals surface area contributed by atoms with Crippen molar-refractivity contribution in [2.45, 2.75) is 26.2 Å². The lowest BCUT2D eigenvalue weighted by atomic mass is 10.2. The van der Waals surface area contributed by atoms with Gasteiger partial charge in [-0.3, -0.25) is 0 Å². The quantitative estimate of drug-likeness (QED) is 0.752. The molecule has 4 nitrogen and oxygen atoms in total. The van der Waals surface area contributed by atoms with Crippen molar-refractivity contribution >= 4 is 5.82 Å². The predicted octanol–water partition coefficient (Wildman–Crippen LogP) is 0.683. The maximum absolute atomic E-state index is 4.66. The van der Waals surface area contributed by atoms with Gasteiger partial charge in [-0.2, -0.15) is 0 Å². The molecule has 1 aromatic rings. The summed E-state index contributed by atoms with van der Waals surface area (Å²) in [7, 11) is 0. The first kappa shape index (κ1) is 10.0. The molecular weight excluding hydrogens is 200 g/mol. The van der Waals surface area contributed by atoms with Gasteiger partial charge < -0.3 is 10.2 Å². The van der Waals surface area contributed by atoms with E-state index in [0.29, 0.717) is 0 Å². The molecule has 2 aliphatic rings. The number of hydrogen-bond acceptors (Lipinski definition) is 4. The number of fused-ring (bicyclic) bond motifs is 1. The standard InChI is InChI=1S/C12H18N4/c1-9-14-11-4-2-3-10(11)12(15-9)16-7-5-13-6-8-16/h13H,2-8H2,1H3.